The predicted molar refractivity (Wildman–Crippen MR) is 130 cm³/mol. The zero-order valence-corrected chi connectivity index (χ0v) is 20.6. The lowest BCUT2D eigenvalue weighted by atomic mass is 10.1. The quantitative estimate of drug-likeness (QED) is 0.479. The van der Waals surface area contributed by atoms with Crippen molar-refractivity contribution in [1.82, 2.24) is 4.90 Å². The molecule has 2 aromatic rings. The van der Waals surface area contributed by atoms with E-state index in [0.717, 1.165) is 4.90 Å². The molecule has 1 aliphatic rings. The Morgan fingerprint density at radius 1 is 0.857 bits per heavy atom. The highest BCUT2D eigenvalue weighted by molar-refractivity contribution is 6.34. The molecule has 0 aliphatic carbocycles. The standard InChI is InChI=1S/C26H29N3O6/c1-14(2)28(15(3)4)23(31)16(5)35-26(34)18-7-12-21-22(13-18)25(33)29(24(21)32)20-10-8-19(9-11-20)27-17(6)30/h7-16H,1-6H3,(H,27,30). The van der Waals surface area contributed by atoms with E-state index in [0.29, 0.717) is 11.4 Å². The van der Waals surface area contributed by atoms with Crippen molar-refractivity contribution in [2.75, 3.05) is 10.2 Å². The van der Waals surface area contributed by atoms with Gasteiger partial charge in [-0.3, -0.25) is 19.2 Å². The van der Waals surface area contributed by atoms with Gasteiger partial charge in [0.25, 0.3) is 17.7 Å². The van der Waals surface area contributed by atoms with Crippen LogP contribution in [0.3, 0.4) is 0 Å². The van der Waals surface area contributed by atoms with Crippen molar-refractivity contribution in [3.8, 4) is 0 Å². The Labute approximate surface area is 204 Å². The second-order valence-electron chi connectivity index (χ2n) is 8.91. The molecule has 2 aromatic carbocycles. The highest BCUT2D eigenvalue weighted by Crippen LogP contribution is 2.30. The number of fused-ring (bicyclic) bond motifs is 1. The molecule has 1 atom stereocenters. The number of anilines is 2. The van der Waals surface area contributed by atoms with E-state index in [1.807, 2.05) is 27.7 Å². The number of amides is 4. The van der Waals surface area contributed by atoms with Gasteiger partial charge in [0.1, 0.15) is 0 Å². The van der Waals surface area contributed by atoms with E-state index in [-0.39, 0.29) is 40.6 Å². The third kappa shape index (κ3) is 5.24. The molecular weight excluding hydrogens is 450 g/mol. The van der Waals surface area contributed by atoms with E-state index in [9.17, 15) is 24.0 Å². The first kappa shape index (κ1) is 25.6. The van der Waals surface area contributed by atoms with Crippen molar-refractivity contribution in [3.63, 3.8) is 0 Å². The van der Waals surface area contributed by atoms with Crippen LogP contribution in [0.15, 0.2) is 42.5 Å². The monoisotopic (exact) mass is 479 g/mol. The van der Waals surface area contributed by atoms with E-state index >= 15 is 0 Å². The number of rotatable bonds is 7. The molecule has 0 fully saturated rings. The molecule has 0 spiro atoms. The van der Waals surface area contributed by atoms with Gasteiger partial charge < -0.3 is 15.0 Å². The van der Waals surface area contributed by atoms with E-state index < -0.39 is 23.9 Å². The van der Waals surface area contributed by atoms with Crippen LogP contribution in [0.1, 0.15) is 72.6 Å². The van der Waals surface area contributed by atoms with E-state index in [4.69, 9.17) is 4.74 Å². The topological polar surface area (TPSA) is 113 Å². The number of hydrogen-bond donors (Lipinski definition) is 1. The summed E-state index contributed by atoms with van der Waals surface area (Å²) in [6, 6.07) is 10.2. The maximum atomic E-state index is 13.0. The number of benzene rings is 2. The molecule has 1 unspecified atom stereocenters. The molecule has 0 saturated heterocycles. The van der Waals surface area contributed by atoms with Crippen LogP contribution in [0.4, 0.5) is 11.4 Å². The molecule has 35 heavy (non-hydrogen) atoms. The van der Waals surface area contributed by atoms with Crippen LogP contribution in [0, 0.1) is 0 Å². The minimum absolute atomic E-state index is 0.0630. The van der Waals surface area contributed by atoms with Crippen LogP contribution in [0.25, 0.3) is 0 Å². The summed E-state index contributed by atoms with van der Waals surface area (Å²) in [7, 11) is 0. The van der Waals surface area contributed by atoms with Crippen molar-refractivity contribution in [3.05, 3.63) is 59.2 Å². The Morgan fingerprint density at radius 3 is 1.97 bits per heavy atom. The molecule has 9 heteroatoms. The van der Waals surface area contributed by atoms with Gasteiger partial charge in [-0.05, 0) is 77.1 Å². The van der Waals surface area contributed by atoms with Gasteiger partial charge in [-0.25, -0.2) is 9.69 Å². The summed E-state index contributed by atoms with van der Waals surface area (Å²) in [5.41, 5.74) is 1.15. The Hall–Kier alpha value is -4.01. The number of nitrogens with zero attached hydrogens (tertiary/aromatic N) is 2. The van der Waals surface area contributed by atoms with Crippen LogP contribution < -0.4 is 10.2 Å². The van der Waals surface area contributed by atoms with Crippen LogP contribution in [-0.4, -0.2) is 52.7 Å². The van der Waals surface area contributed by atoms with Gasteiger partial charge in [0.05, 0.1) is 22.4 Å². The zero-order chi connectivity index (χ0) is 26.0. The van der Waals surface area contributed by atoms with Crippen molar-refractivity contribution < 1.29 is 28.7 Å². The van der Waals surface area contributed by atoms with Crippen molar-refractivity contribution >= 4 is 41.0 Å². The van der Waals surface area contributed by atoms with Crippen LogP contribution in [-0.2, 0) is 14.3 Å². The third-order valence-corrected chi connectivity index (χ3v) is 5.57. The second kappa shape index (κ2) is 10.1. The van der Waals surface area contributed by atoms with Crippen molar-refractivity contribution in [2.45, 2.75) is 59.7 Å². The fraction of sp³-hybridized carbons (Fsp3) is 0.346. The molecule has 9 nitrogen and oxygen atoms in total. The lowest BCUT2D eigenvalue weighted by Crippen LogP contribution is -2.47. The fourth-order valence-electron chi connectivity index (χ4n) is 4.09. The molecule has 0 radical (unpaired) electrons. The average molecular weight is 480 g/mol. The highest BCUT2D eigenvalue weighted by Gasteiger charge is 2.37. The summed E-state index contributed by atoms with van der Waals surface area (Å²) < 4.78 is 5.38. The van der Waals surface area contributed by atoms with Crippen molar-refractivity contribution in [1.29, 1.82) is 0 Å². The van der Waals surface area contributed by atoms with Gasteiger partial charge in [0, 0.05) is 24.7 Å². The molecule has 1 N–H and O–H groups in total. The smallest absolute Gasteiger partial charge is 0.338 e. The number of nitrogens with one attached hydrogen (secondary N) is 1. The van der Waals surface area contributed by atoms with Gasteiger partial charge in [-0.2, -0.15) is 0 Å². The predicted octanol–water partition coefficient (Wildman–Crippen LogP) is 3.64. The molecule has 184 valence electrons. The minimum atomic E-state index is -1.02. The van der Waals surface area contributed by atoms with E-state index in [1.165, 1.54) is 32.0 Å². The summed E-state index contributed by atoms with van der Waals surface area (Å²) in [4.78, 5) is 65.3. The van der Waals surface area contributed by atoms with E-state index in [2.05, 4.69) is 5.32 Å². The number of carbonyl (C=O) groups is 5. The van der Waals surface area contributed by atoms with Gasteiger partial charge >= 0.3 is 5.97 Å². The summed E-state index contributed by atoms with van der Waals surface area (Å²) >= 11 is 0. The fourth-order valence-corrected chi connectivity index (χ4v) is 4.09. The number of esters is 1. The third-order valence-electron chi connectivity index (χ3n) is 5.57. The molecule has 0 aromatic heterocycles. The lowest BCUT2D eigenvalue weighted by Gasteiger charge is -2.32. The first-order valence-electron chi connectivity index (χ1n) is 11.4. The molecule has 0 bridgehead atoms. The first-order chi connectivity index (χ1) is 16.4. The first-order valence-corrected chi connectivity index (χ1v) is 11.4. The molecule has 1 heterocycles. The van der Waals surface area contributed by atoms with Gasteiger partial charge in [-0.1, -0.05) is 0 Å². The van der Waals surface area contributed by atoms with Crippen LogP contribution >= 0.6 is 0 Å². The maximum Gasteiger partial charge on any atom is 0.338 e. The van der Waals surface area contributed by atoms with E-state index in [1.54, 1.807) is 29.2 Å². The minimum Gasteiger partial charge on any atom is -0.449 e. The zero-order valence-electron chi connectivity index (χ0n) is 20.6. The Balaban J connectivity index is 1.79. The summed E-state index contributed by atoms with van der Waals surface area (Å²) in [5, 5.41) is 2.62. The Kier molecular flexibility index (Phi) is 7.38. The molecule has 1 aliphatic heterocycles. The number of carbonyl (C=O) groups excluding carboxylic acids is 5. The lowest BCUT2D eigenvalue weighted by molar-refractivity contribution is -0.143. The Morgan fingerprint density at radius 2 is 1.43 bits per heavy atom. The summed E-state index contributed by atoms with van der Waals surface area (Å²) in [5.74, 6) is -2.42. The number of hydrogen-bond acceptors (Lipinski definition) is 6. The maximum absolute atomic E-state index is 13.0. The molecule has 3 rings (SSSR count). The summed E-state index contributed by atoms with van der Waals surface area (Å²) in [6.45, 7) is 10.4. The Bertz CT molecular complexity index is 1180. The molecule has 4 amide bonds. The average Bonchev–Trinajstić information content (AvgIpc) is 3.03. The van der Waals surface area contributed by atoms with Gasteiger partial charge in [0.2, 0.25) is 5.91 Å². The largest absolute Gasteiger partial charge is 0.449 e. The van der Waals surface area contributed by atoms with Crippen molar-refractivity contribution in [2.24, 2.45) is 0 Å². The SMILES string of the molecule is CC(=O)Nc1ccc(N2C(=O)c3ccc(C(=O)OC(C)C(=O)N(C(C)C)C(C)C)cc3C2=O)cc1. The van der Waals surface area contributed by atoms with Gasteiger partial charge in [-0.15, -0.1) is 0 Å². The highest BCUT2D eigenvalue weighted by atomic mass is 16.5. The number of ether oxygens (including phenoxy) is 1. The summed E-state index contributed by atoms with van der Waals surface area (Å²) in [6.07, 6.45) is -1.02. The molecular formula is C26H29N3O6. The molecule has 0 saturated carbocycles. The second-order valence-corrected chi connectivity index (χ2v) is 8.91. The van der Waals surface area contributed by atoms with Crippen LogP contribution in [0.2, 0.25) is 0 Å². The number of imide groups is 1. The van der Waals surface area contributed by atoms with Gasteiger partial charge in [0.15, 0.2) is 6.10 Å². The van der Waals surface area contributed by atoms with Crippen LogP contribution in [0.5, 0.6) is 0 Å². The normalized spacial score (nSPS) is 13.7.